The Bertz CT molecular complexity index is 706. The third kappa shape index (κ3) is 2.27. The molecule has 5 heteroatoms. The van der Waals surface area contributed by atoms with Crippen LogP contribution in [0.5, 0.6) is 0 Å². The molecule has 0 bridgehead atoms. The standard InChI is InChI=1S/C18H21N3O2/c1-11-16(12(2)23-20-11)18(22)21-10-14-8-19-9-15(14)17(21)13-6-4-3-5-7-13/h3-7,14-15,17,19H,8-10H2,1-2H3/t14-,15-,17+/m0/s1. The second kappa shape index (κ2) is 5.49. The van der Waals surface area contributed by atoms with Crippen LogP contribution in [-0.2, 0) is 0 Å². The molecule has 2 aromatic rings. The molecule has 2 aliphatic rings. The highest BCUT2D eigenvalue weighted by atomic mass is 16.5. The summed E-state index contributed by atoms with van der Waals surface area (Å²) in [5.41, 5.74) is 2.51. The SMILES string of the molecule is Cc1noc(C)c1C(=O)N1C[C@@H]2CNC[C@@H]2[C@H]1c1ccccc1. The summed E-state index contributed by atoms with van der Waals surface area (Å²) in [5, 5.41) is 7.42. The number of fused-ring (bicyclic) bond motifs is 1. The fraction of sp³-hybridized carbons (Fsp3) is 0.444. The zero-order chi connectivity index (χ0) is 16.0. The number of rotatable bonds is 2. The minimum Gasteiger partial charge on any atom is -0.361 e. The summed E-state index contributed by atoms with van der Waals surface area (Å²) in [4.78, 5) is 15.2. The van der Waals surface area contributed by atoms with E-state index in [-0.39, 0.29) is 11.9 Å². The summed E-state index contributed by atoms with van der Waals surface area (Å²) in [6.07, 6.45) is 0. The van der Waals surface area contributed by atoms with Gasteiger partial charge in [-0.15, -0.1) is 0 Å². The predicted molar refractivity (Wildman–Crippen MR) is 86.0 cm³/mol. The molecule has 1 N–H and O–H groups in total. The van der Waals surface area contributed by atoms with Crippen molar-refractivity contribution in [3.05, 3.63) is 52.9 Å². The first-order valence-corrected chi connectivity index (χ1v) is 8.16. The number of aryl methyl sites for hydroxylation is 2. The molecule has 0 aliphatic carbocycles. The lowest BCUT2D eigenvalue weighted by atomic mass is 9.89. The van der Waals surface area contributed by atoms with Crippen molar-refractivity contribution in [3.8, 4) is 0 Å². The zero-order valence-corrected chi connectivity index (χ0v) is 13.5. The van der Waals surface area contributed by atoms with Gasteiger partial charge in [-0.3, -0.25) is 4.79 Å². The average molecular weight is 311 g/mol. The second-order valence-corrected chi connectivity index (χ2v) is 6.59. The first-order valence-electron chi connectivity index (χ1n) is 8.16. The molecule has 1 aromatic heterocycles. The first-order chi connectivity index (χ1) is 11.2. The van der Waals surface area contributed by atoms with E-state index in [0.717, 1.165) is 19.6 Å². The molecule has 1 aromatic carbocycles. The molecule has 23 heavy (non-hydrogen) atoms. The van der Waals surface area contributed by atoms with Gasteiger partial charge in [0.25, 0.3) is 5.91 Å². The van der Waals surface area contributed by atoms with Gasteiger partial charge in [0.1, 0.15) is 11.3 Å². The van der Waals surface area contributed by atoms with Crippen molar-refractivity contribution in [1.29, 1.82) is 0 Å². The van der Waals surface area contributed by atoms with Gasteiger partial charge in [0.2, 0.25) is 0 Å². The number of nitrogens with zero attached hydrogens (tertiary/aromatic N) is 2. The molecular formula is C18H21N3O2. The van der Waals surface area contributed by atoms with Gasteiger partial charge in [0, 0.05) is 25.6 Å². The van der Waals surface area contributed by atoms with Crippen LogP contribution in [0.15, 0.2) is 34.9 Å². The second-order valence-electron chi connectivity index (χ2n) is 6.59. The van der Waals surface area contributed by atoms with Gasteiger partial charge < -0.3 is 14.7 Å². The summed E-state index contributed by atoms with van der Waals surface area (Å²) < 4.78 is 5.20. The molecule has 0 spiro atoms. The lowest BCUT2D eigenvalue weighted by Gasteiger charge is -2.28. The Hall–Kier alpha value is -2.14. The predicted octanol–water partition coefficient (Wildman–Crippen LogP) is 2.32. The highest BCUT2D eigenvalue weighted by molar-refractivity contribution is 5.96. The van der Waals surface area contributed by atoms with E-state index < -0.39 is 0 Å². The molecule has 2 fully saturated rings. The highest BCUT2D eigenvalue weighted by Gasteiger charge is 2.47. The van der Waals surface area contributed by atoms with Crippen LogP contribution < -0.4 is 5.32 Å². The Balaban J connectivity index is 1.73. The summed E-state index contributed by atoms with van der Waals surface area (Å²) in [6, 6.07) is 10.5. The third-order valence-corrected chi connectivity index (χ3v) is 5.21. The molecular weight excluding hydrogens is 290 g/mol. The van der Waals surface area contributed by atoms with Gasteiger partial charge in [-0.25, -0.2) is 0 Å². The van der Waals surface area contributed by atoms with Crippen molar-refractivity contribution in [3.63, 3.8) is 0 Å². The van der Waals surface area contributed by atoms with Crippen molar-refractivity contribution >= 4 is 5.91 Å². The molecule has 0 unspecified atom stereocenters. The fourth-order valence-corrected chi connectivity index (χ4v) is 4.14. The highest BCUT2D eigenvalue weighted by Crippen LogP contribution is 2.43. The number of nitrogens with one attached hydrogen (secondary N) is 1. The maximum absolute atomic E-state index is 13.2. The first kappa shape index (κ1) is 14.5. The molecule has 120 valence electrons. The van der Waals surface area contributed by atoms with Gasteiger partial charge >= 0.3 is 0 Å². The number of likely N-dealkylation sites (tertiary alicyclic amines) is 1. The molecule has 5 nitrogen and oxygen atoms in total. The topological polar surface area (TPSA) is 58.4 Å². The molecule has 0 radical (unpaired) electrons. The summed E-state index contributed by atoms with van der Waals surface area (Å²) in [5.74, 6) is 1.64. The lowest BCUT2D eigenvalue weighted by molar-refractivity contribution is 0.0711. The Morgan fingerprint density at radius 3 is 2.74 bits per heavy atom. The smallest absolute Gasteiger partial charge is 0.259 e. The molecule has 2 aliphatic heterocycles. The summed E-state index contributed by atoms with van der Waals surface area (Å²) >= 11 is 0. The van der Waals surface area contributed by atoms with Gasteiger partial charge in [-0.05, 0) is 25.3 Å². The van der Waals surface area contributed by atoms with Crippen LogP contribution in [0.2, 0.25) is 0 Å². The lowest BCUT2D eigenvalue weighted by Crippen LogP contribution is -2.35. The van der Waals surface area contributed by atoms with Gasteiger partial charge in [-0.2, -0.15) is 0 Å². The van der Waals surface area contributed by atoms with Crippen LogP contribution in [0.3, 0.4) is 0 Å². The summed E-state index contributed by atoms with van der Waals surface area (Å²) in [7, 11) is 0. The van der Waals surface area contributed by atoms with Crippen molar-refractivity contribution in [1.82, 2.24) is 15.4 Å². The number of hydrogen-bond acceptors (Lipinski definition) is 4. The molecule has 2 saturated heterocycles. The van der Waals surface area contributed by atoms with Crippen LogP contribution in [0, 0.1) is 25.7 Å². The molecule has 0 saturated carbocycles. The zero-order valence-electron chi connectivity index (χ0n) is 13.5. The van der Waals surface area contributed by atoms with Crippen LogP contribution in [0.25, 0.3) is 0 Å². The van der Waals surface area contributed by atoms with Crippen molar-refractivity contribution in [2.45, 2.75) is 19.9 Å². The fourth-order valence-electron chi connectivity index (χ4n) is 4.14. The van der Waals surface area contributed by atoms with Gasteiger partial charge in [0.15, 0.2) is 0 Å². The Morgan fingerprint density at radius 1 is 1.26 bits per heavy atom. The Labute approximate surface area is 135 Å². The van der Waals surface area contributed by atoms with Crippen LogP contribution in [0.4, 0.5) is 0 Å². The van der Waals surface area contributed by atoms with E-state index in [2.05, 4.69) is 22.6 Å². The van der Waals surface area contributed by atoms with E-state index in [0.29, 0.717) is 28.9 Å². The third-order valence-electron chi connectivity index (χ3n) is 5.21. The quantitative estimate of drug-likeness (QED) is 0.925. The number of amides is 1. The van der Waals surface area contributed by atoms with E-state index in [9.17, 15) is 4.79 Å². The average Bonchev–Trinajstić information content (AvgIpc) is 3.22. The monoisotopic (exact) mass is 311 g/mol. The summed E-state index contributed by atoms with van der Waals surface area (Å²) in [6.45, 7) is 6.39. The van der Waals surface area contributed by atoms with E-state index in [4.69, 9.17) is 4.52 Å². The van der Waals surface area contributed by atoms with E-state index in [1.165, 1.54) is 5.56 Å². The number of benzene rings is 1. The van der Waals surface area contributed by atoms with E-state index in [1.807, 2.05) is 36.9 Å². The normalized spacial score (nSPS) is 26.5. The van der Waals surface area contributed by atoms with E-state index in [1.54, 1.807) is 0 Å². The Kier molecular flexibility index (Phi) is 3.45. The number of aromatic nitrogens is 1. The van der Waals surface area contributed by atoms with Crippen molar-refractivity contribution in [2.75, 3.05) is 19.6 Å². The van der Waals surface area contributed by atoms with Gasteiger partial charge in [-0.1, -0.05) is 35.5 Å². The number of hydrogen-bond donors (Lipinski definition) is 1. The van der Waals surface area contributed by atoms with Crippen LogP contribution in [0.1, 0.15) is 33.4 Å². The number of carbonyl (C=O) groups is 1. The molecule has 3 heterocycles. The molecule has 4 rings (SSSR count). The molecule has 3 atom stereocenters. The van der Waals surface area contributed by atoms with E-state index >= 15 is 0 Å². The minimum atomic E-state index is 0.0458. The van der Waals surface area contributed by atoms with Crippen LogP contribution in [-0.4, -0.2) is 35.6 Å². The largest absolute Gasteiger partial charge is 0.361 e. The van der Waals surface area contributed by atoms with Gasteiger partial charge in [0.05, 0.1) is 11.7 Å². The maximum atomic E-state index is 13.2. The van der Waals surface area contributed by atoms with Crippen molar-refractivity contribution in [2.24, 2.45) is 11.8 Å². The van der Waals surface area contributed by atoms with Crippen molar-refractivity contribution < 1.29 is 9.32 Å². The molecule has 1 amide bonds. The van der Waals surface area contributed by atoms with Crippen LogP contribution >= 0.6 is 0 Å². The maximum Gasteiger partial charge on any atom is 0.259 e. The minimum absolute atomic E-state index is 0.0458. The number of carbonyl (C=O) groups excluding carboxylic acids is 1. The Morgan fingerprint density at radius 2 is 2.04 bits per heavy atom.